The molecule has 2 rings (SSSR count). The molecule has 7 heteroatoms. The van der Waals surface area contributed by atoms with Crippen LogP contribution in [0.3, 0.4) is 0 Å². The van der Waals surface area contributed by atoms with E-state index < -0.39 is 10.0 Å². The number of para-hydroxylation sites is 1. The van der Waals surface area contributed by atoms with E-state index in [1.54, 1.807) is 26.1 Å². The maximum absolute atomic E-state index is 12.0. The summed E-state index contributed by atoms with van der Waals surface area (Å²) < 4.78 is 27.9. The summed E-state index contributed by atoms with van der Waals surface area (Å²) in [6.45, 7) is 1.70. The van der Waals surface area contributed by atoms with Crippen molar-refractivity contribution in [1.29, 1.82) is 0 Å². The number of hydrogen-bond acceptors (Lipinski definition) is 4. The summed E-state index contributed by atoms with van der Waals surface area (Å²) in [4.78, 5) is 3.77. The van der Waals surface area contributed by atoms with Crippen LogP contribution in [-0.2, 0) is 17.1 Å². The van der Waals surface area contributed by atoms with E-state index in [0.717, 1.165) is 0 Å². The molecule has 2 aromatic rings. The SMILES string of the molecule is Cc1cccc(O)c1NS(=O)(=O)c1cn(C)cn1. The molecule has 0 atom stereocenters. The Morgan fingerprint density at radius 2 is 2.11 bits per heavy atom. The fourth-order valence-corrected chi connectivity index (χ4v) is 2.63. The van der Waals surface area contributed by atoms with Crippen molar-refractivity contribution in [3.05, 3.63) is 36.3 Å². The summed E-state index contributed by atoms with van der Waals surface area (Å²) in [5.74, 6) is -0.116. The van der Waals surface area contributed by atoms with E-state index in [4.69, 9.17) is 0 Å². The Morgan fingerprint density at radius 1 is 1.39 bits per heavy atom. The van der Waals surface area contributed by atoms with Crippen molar-refractivity contribution in [2.24, 2.45) is 7.05 Å². The standard InChI is InChI=1S/C11H13N3O3S/c1-8-4-3-5-9(15)11(8)13-18(16,17)10-6-14(2)7-12-10/h3-7,13,15H,1-2H3. The number of phenolic OH excluding ortho intramolecular Hbond substituents is 1. The minimum Gasteiger partial charge on any atom is -0.506 e. The molecule has 1 aromatic carbocycles. The summed E-state index contributed by atoms with van der Waals surface area (Å²) in [6.07, 6.45) is 2.78. The number of aromatic hydroxyl groups is 1. The molecule has 0 bridgehead atoms. The summed E-state index contributed by atoms with van der Waals surface area (Å²) in [7, 11) is -2.10. The molecule has 0 amide bonds. The molecular formula is C11H13N3O3S. The van der Waals surface area contributed by atoms with Gasteiger partial charge < -0.3 is 9.67 Å². The van der Waals surface area contributed by atoms with E-state index in [1.165, 1.54) is 23.2 Å². The fourth-order valence-electron chi connectivity index (χ4n) is 1.50. The Labute approximate surface area is 105 Å². The smallest absolute Gasteiger partial charge is 0.281 e. The van der Waals surface area contributed by atoms with E-state index >= 15 is 0 Å². The van der Waals surface area contributed by atoms with Gasteiger partial charge in [-0.2, -0.15) is 8.42 Å². The van der Waals surface area contributed by atoms with Crippen LogP contribution in [0.4, 0.5) is 5.69 Å². The van der Waals surface area contributed by atoms with Gasteiger partial charge in [0.2, 0.25) is 0 Å². The lowest BCUT2D eigenvalue weighted by Gasteiger charge is -2.10. The first-order valence-electron chi connectivity index (χ1n) is 5.19. The number of anilines is 1. The second kappa shape index (κ2) is 4.34. The molecule has 0 unspecified atom stereocenters. The molecule has 0 spiro atoms. The van der Waals surface area contributed by atoms with Gasteiger partial charge in [-0.05, 0) is 18.6 Å². The number of nitrogens with one attached hydrogen (secondary N) is 1. The maximum atomic E-state index is 12.0. The van der Waals surface area contributed by atoms with Crippen molar-refractivity contribution >= 4 is 15.7 Å². The number of imidazole rings is 1. The number of benzene rings is 1. The third kappa shape index (κ3) is 2.30. The van der Waals surface area contributed by atoms with Crippen LogP contribution in [-0.4, -0.2) is 23.1 Å². The van der Waals surface area contributed by atoms with Crippen LogP contribution in [0.5, 0.6) is 5.75 Å². The Bertz CT molecular complexity index is 656. The molecule has 1 aromatic heterocycles. The molecule has 0 fully saturated rings. The molecule has 0 saturated carbocycles. The predicted molar refractivity (Wildman–Crippen MR) is 66.9 cm³/mol. The molecule has 0 radical (unpaired) electrons. The van der Waals surface area contributed by atoms with Crippen LogP contribution < -0.4 is 4.72 Å². The minimum absolute atomic E-state index is 0.0901. The highest BCUT2D eigenvalue weighted by Gasteiger charge is 2.19. The molecule has 0 aliphatic rings. The molecule has 18 heavy (non-hydrogen) atoms. The molecule has 0 aliphatic carbocycles. The number of aromatic nitrogens is 2. The topological polar surface area (TPSA) is 84.2 Å². The average molecular weight is 267 g/mol. The minimum atomic E-state index is -3.78. The zero-order valence-corrected chi connectivity index (χ0v) is 10.8. The van der Waals surface area contributed by atoms with Gasteiger partial charge in [-0.15, -0.1) is 0 Å². The first-order valence-corrected chi connectivity index (χ1v) is 6.68. The van der Waals surface area contributed by atoms with Gasteiger partial charge in [0.05, 0.1) is 12.0 Å². The third-order valence-electron chi connectivity index (χ3n) is 2.44. The van der Waals surface area contributed by atoms with Crippen LogP contribution >= 0.6 is 0 Å². The van der Waals surface area contributed by atoms with E-state index in [-0.39, 0.29) is 16.5 Å². The third-order valence-corrected chi connectivity index (χ3v) is 3.68. The lowest BCUT2D eigenvalue weighted by molar-refractivity contribution is 0.477. The van der Waals surface area contributed by atoms with Crippen LogP contribution in [0, 0.1) is 6.92 Å². The molecule has 0 saturated heterocycles. The second-order valence-electron chi connectivity index (χ2n) is 3.95. The monoisotopic (exact) mass is 267 g/mol. The first-order chi connectivity index (χ1) is 8.40. The Hall–Kier alpha value is -2.02. The zero-order chi connectivity index (χ0) is 13.3. The van der Waals surface area contributed by atoms with Gasteiger partial charge in [-0.3, -0.25) is 4.72 Å². The Balaban J connectivity index is 2.40. The number of rotatable bonds is 3. The van der Waals surface area contributed by atoms with Gasteiger partial charge in [0.25, 0.3) is 10.0 Å². The van der Waals surface area contributed by atoms with Crippen molar-refractivity contribution in [2.45, 2.75) is 11.9 Å². The van der Waals surface area contributed by atoms with Crippen LogP contribution in [0.2, 0.25) is 0 Å². The van der Waals surface area contributed by atoms with Gasteiger partial charge in [0, 0.05) is 13.2 Å². The molecule has 0 aliphatic heterocycles. The van der Waals surface area contributed by atoms with Crippen molar-refractivity contribution in [2.75, 3.05) is 4.72 Å². The highest BCUT2D eigenvalue weighted by molar-refractivity contribution is 7.92. The molecule has 96 valence electrons. The van der Waals surface area contributed by atoms with Crippen molar-refractivity contribution < 1.29 is 13.5 Å². The van der Waals surface area contributed by atoms with E-state index in [2.05, 4.69) is 9.71 Å². The predicted octanol–water partition coefficient (Wildman–Crippen LogP) is 1.23. The molecule has 2 N–H and O–H groups in total. The lowest BCUT2D eigenvalue weighted by Crippen LogP contribution is -2.14. The van der Waals surface area contributed by atoms with Crippen molar-refractivity contribution in [3.8, 4) is 5.75 Å². The summed E-state index contributed by atoms with van der Waals surface area (Å²) in [6, 6.07) is 4.77. The highest BCUT2D eigenvalue weighted by Crippen LogP contribution is 2.28. The zero-order valence-electron chi connectivity index (χ0n) is 9.95. The van der Waals surface area contributed by atoms with Gasteiger partial charge in [-0.1, -0.05) is 12.1 Å². The Kier molecular flexibility index (Phi) is 3.00. The normalized spacial score (nSPS) is 11.4. The lowest BCUT2D eigenvalue weighted by atomic mass is 10.2. The second-order valence-corrected chi connectivity index (χ2v) is 5.58. The van der Waals surface area contributed by atoms with Gasteiger partial charge in [-0.25, -0.2) is 4.98 Å². The van der Waals surface area contributed by atoms with E-state index in [9.17, 15) is 13.5 Å². The van der Waals surface area contributed by atoms with Crippen LogP contribution in [0.25, 0.3) is 0 Å². The molecular weight excluding hydrogens is 254 g/mol. The van der Waals surface area contributed by atoms with E-state index in [0.29, 0.717) is 5.56 Å². The van der Waals surface area contributed by atoms with Crippen LogP contribution in [0.15, 0.2) is 35.7 Å². The van der Waals surface area contributed by atoms with Gasteiger partial charge >= 0.3 is 0 Å². The molecule has 6 nitrogen and oxygen atoms in total. The number of nitrogens with zero attached hydrogens (tertiary/aromatic N) is 2. The van der Waals surface area contributed by atoms with Crippen molar-refractivity contribution in [1.82, 2.24) is 9.55 Å². The summed E-state index contributed by atoms with van der Waals surface area (Å²) in [5, 5.41) is 9.56. The highest BCUT2D eigenvalue weighted by atomic mass is 32.2. The summed E-state index contributed by atoms with van der Waals surface area (Å²) >= 11 is 0. The maximum Gasteiger partial charge on any atom is 0.281 e. The average Bonchev–Trinajstić information content (AvgIpc) is 2.71. The number of sulfonamides is 1. The quantitative estimate of drug-likeness (QED) is 0.819. The van der Waals surface area contributed by atoms with Crippen LogP contribution in [0.1, 0.15) is 5.56 Å². The first kappa shape index (κ1) is 12.4. The number of hydrogen-bond donors (Lipinski definition) is 2. The number of aryl methyl sites for hydroxylation is 2. The van der Waals surface area contributed by atoms with E-state index in [1.807, 2.05) is 0 Å². The summed E-state index contributed by atoms with van der Waals surface area (Å²) in [5.41, 5.74) is 0.803. The van der Waals surface area contributed by atoms with Gasteiger partial charge in [0.1, 0.15) is 5.75 Å². The largest absolute Gasteiger partial charge is 0.506 e. The van der Waals surface area contributed by atoms with Gasteiger partial charge in [0.15, 0.2) is 5.03 Å². The molecule has 1 heterocycles. The Morgan fingerprint density at radius 3 is 2.67 bits per heavy atom. The van der Waals surface area contributed by atoms with Crippen molar-refractivity contribution in [3.63, 3.8) is 0 Å². The fraction of sp³-hybridized carbons (Fsp3) is 0.182. The number of phenols is 1.